The highest BCUT2D eigenvalue weighted by Crippen LogP contribution is 2.39. The summed E-state index contributed by atoms with van der Waals surface area (Å²) in [7, 11) is 0. The summed E-state index contributed by atoms with van der Waals surface area (Å²) in [6.07, 6.45) is -3.55. The van der Waals surface area contributed by atoms with E-state index in [2.05, 4.69) is 19.4 Å². The molecule has 1 unspecified atom stereocenters. The smallest absolute Gasteiger partial charge is 0.573 e. The Bertz CT molecular complexity index is 958. The van der Waals surface area contributed by atoms with Crippen LogP contribution in [0.2, 0.25) is 5.15 Å². The van der Waals surface area contributed by atoms with Crippen LogP contribution in [0.5, 0.6) is 5.75 Å². The number of carbonyl (C=O) groups is 1. The van der Waals surface area contributed by atoms with Crippen molar-refractivity contribution in [1.29, 1.82) is 0 Å². The molecule has 0 saturated carbocycles. The van der Waals surface area contributed by atoms with Gasteiger partial charge in [-0.05, 0) is 38.5 Å². The maximum atomic E-state index is 14.5. The monoisotopic (exact) mass is 483 g/mol. The van der Waals surface area contributed by atoms with Gasteiger partial charge in [0.05, 0.1) is 6.42 Å². The number of halogens is 5. The van der Waals surface area contributed by atoms with E-state index >= 15 is 0 Å². The van der Waals surface area contributed by atoms with Crippen molar-refractivity contribution in [2.24, 2.45) is 0 Å². The largest absolute Gasteiger partial charge is 0.598 e. The molecule has 31 heavy (non-hydrogen) atoms. The van der Waals surface area contributed by atoms with E-state index in [0.29, 0.717) is 12.1 Å². The molecule has 2 aromatic rings. The van der Waals surface area contributed by atoms with Crippen LogP contribution in [-0.2, 0) is 21.7 Å². The highest BCUT2D eigenvalue weighted by molar-refractivity contribution is 7.90. The van der Waals surface area contributed by atoms with Crippen LogP contribution in [0.25, 0.3) is 0 Å². The van der Waals surface area contributed by atoms with Gasteiger partial charge in [-0.2, -0.15) is 0 Å². The number of nitrogens with zero attached hydrogens (tertiary/aromatic N) is 2. The summed E-state index contributed by atoms with van der Waals surface area (Å²) in [6.45, 7) is 4.79. The molecule has 0 saturated heterocycles. The number of alkyl halides is 3. The van der Waals surface area contributed by atoms with E-state index in [4.69, 9.17) is 11.6 Å². The summed E-state index contributed by atoms with van der Waals surface area (Å²) in [5, 5.41) is 9.29. The lowest BCUT2D eigenvalue weighted by Gasteiger charge is -2.36. The molecule has 13 heteroatoms. The predicted octanol–water partition coefficient (Wildman–Crippen LogP) is 3.94. The number of aliphatic carboxylic acids is 1. The van der Waals surface area contributed by atoms with E-state index in [0.717, 1.165) is 6.07 Å². The summed E-state index contributed by atoms with van der Waals surface area (Å²) >= 11 is 4.19. The first-order chi connectivity index (χ1) is 14.2. The number of rotatable bonds is 7. The zero-order valence-electron chi connectivity index (χ0n) is 16.5. The summed E-state index contributed by atoms with van der Waals surface area (Å²) in [5.41, 5.74) is -2.38. The van der Waals surface area contributed by atoms with Gasteiger partial charge in [-0.15, -0.1) is 17.9 Å². The van der Waals surface area contributed by atoms with Gasteiger partial charge in [-0.25, -0.2) is 9.37 Å². The number of hydrogen-bond donors (Lipinski definition) is 2. The van der Waals surface area contributed by atoms with E-state index in [1.54, 1.807) is 20.8 Å². The molecule has 0 aliphatic heterocycles. The maximum Gasteiger partial charge on any atom is 0.573 e. The summed E-state index contributed by atoms with van der Waals surface area (Å²) in [5.74, 6) is -3.95. The summed E-state index contributed by atoms with van der Waals surface area (Å²) in [6, 6.07) is 2.33. The second-order valence-electron chi connectivity index (χ2n) is 7.35. The molecule has 1 heterocycles. The van der Waals surface area contributed by atoms with E-state index in [1.165, 1.54) is 12.4 Å². The molecule has 1 aromatic carbocycles. The Morgan fingerprint density at radius 2 is 1.87 bits per heavy atom. The number of aromatic nitrogens is 2. The Morgan fingerprint density at radius 3 is 2.35 bits per heavy atom. The highest BCUT2D eigenvalue weighted by atomic mass is 35.5. The Kier molecular flexibility index (Phi) is 7.41. The number of carboxylic acids is 1. The molecule has 2 N–H and O–H groups in total. The lowest BCUT2D eigenvalue weighted by Crippen LogP contribution is -2.53. The van der Waals surface area contributed by atoms with Crippen LogP contribution in [0.4, 0.5) is 17.6 Å². The topological polar surface area (TPSA) is 107 Å². The van der Waals surface area contributed by atoms with E-state index in [-0.39, 0.29) is 16.4 Å². The molecule has 0 aliphatic rings. The molecule has 0 aliphatic carbocycles. The average molecular weight is 484 g/mol. The van der Waals surface area contributed by atoms with Crippen LogP contribution < -0.4 is 9.46 Å². The van der Waals surface area contributed by atoms with Crippen molar-refractivity contribution in [3.63, 3.8) is 0 Å². The first-order valence-electron chi connectivity index (χ1n) is 8.60. The lowest BCUT2D eigenvalue weighted by molar-refractivity contribution is -0.275. The van der Waals surface area contributed by atoms with Gasteiger partial charge in [0.15, 0.2) is 16.7 Å². The standard InChI is InChI=1S/C18H18ClF4N3O4S/c1-16(2,3)31(29)26-17(9-13(27)28,14-15(19)25-7-6-24-14)10-4-5-12(11(20)8-10)30-18(21,22)23/h4-8,26H,9H2,1-3H3,(H,27,28)/t17?,31-/m1/s1. The van der Waals surface area contributed by atoms with Crippen molar-refractivity contribution >= 4 is 28.9 Å². The van der Waals surface area contributed by atoms with E-state index in [9.17, 15) is 32.0 Å². The fourth-order valence-electron chi connectivity index (χ4n) is 2.59. The number of ether oxygens (including phenoxy) is 1. The Labute approximate surface area is 183 Å². The third kappa shape index (κ3) is 6.19. The minimum absolute atomic E-state index is 0.193. The fraction of sp³-hybridized carbons (Fsp3) is 0.389. The summed E-state index contributed by atoms with van der Waals surface area (Å²) in [4.78, 5) is 19.6. The zero-order chi connectivity index (χ0) is 23.6. The van der Waals surface area contributed by atoms with Gasteiger partial charge >= 0.3 is 12.3 Å². The highest BCUT2D eigenvalue weighted by Gasteiger charge is 2.47. The lowest BCUT2D eigenvalue weighted by atomic mass is 9.84. The average Bonchev–Trinajstić information content (AvgIpc) is 2.61. The van der Waals surface area contributed by atoms with Crippen LogP contribution in [0.1, 0.15) is 38.4 Å². The molecular formula is C18H18ClF4N3O4S. The maximum absolute atomic E-state index is 14.5. The Hall–Kier alpha value is -2.15. The molecule has 0 spiro atoms. The molecule has 2 rings (SSSR count). The number of carboxylic acid groups (broad SMARTS) is 1. The van der Waals surface area contributed by atoms with Crippen molar-refractivity contribution in [3.05, 3.63) is 52.8 Å². The normalized spacial score (nSPS) is 15.3. The second kappa shape index (κ2) is 9.15. The SMILES string of the molecule is CC(C)(C)[S@@+]([O-])NC(CC(=O)O)(c1ccc(OC(F)(F)F)c(F)c1)c1nccnc1Cl. The molecule has 0 amide bonds. The van der Waals surface area contributed by atoms with Crippen molar-refractivity contribution in [1.82, 2.24) is 14.7 Å². The van der Waals surface area contributed by atoms with Crippen LogP contribution in [0.3, 0.4) is 0 Å². The molecule has 170 valence electrons. The molecule has 7 nitrogen and oxygen atoms in total. The second-order valence-corrected chi connectivity index (χ2v) is 9.67. The number of hydrogen-bond acceptors (Lipinski definition) is 6. The molecule has 1 aromatic heterocycles. The molecule has 2 atom stereocenters. The van der Waals surface area contributed by atoms with Gasteiger partial charge in [-0.3, -0.25) is 9.78 Å². The van der Waals surface area contributed by atoms with Gasteiger partial charge in [0, 0.05) is 23.8 Å². The molecule has 0 radical (unpaired) electrons. The number of benzene rings is 1. The Morgan fingerprint density at radius 1 is 1.26 bits per heavy atom. The molecule has 0 fully saturated rings. The van der Waals surface area contributed by atoms with Gasteiger partial charge in [0.1, 0.15) is 16.0 Å². The summed E-state index contributed by atoms with van der Waals surface area (Å²) < 4.78 is 70.2. The first kappa shape index (κ1) is 25.1. The Balaban J connectivity index is 2.75. The van der Waals surface area contributed by atoms with Gasteiger partial charge in [0.25, 0.3) is 0 Å². The quantitative estimate of drug-likeness (QED) is 0.453. The minimum atomic E-state index is -5.14. The number of nitrogens with one attached hydrogen (secondary N) is 1. The van der Waals surface area contributed by atoms with E-state index in [1.807, 2.05) is 0 Å². The van der Waals surface area contributed by atoms with Crippen molar-refractivity contribution in [2.45, 2.75) is 43.8 Å². The predicted molar refractivity (Wildman–Crippen MR) is 104 cm³/mol. The van der Waals surface area contributed by atoms with Gasteiger partial charge < -0.3 is 14.4 Å². The van der Waals surface area contributed by atoms with Crippen molar-refractivity contribution < 1.29 is 36.8 Å². The van der Waals surface area contributed by atoms with Crippen LogP contribution >= 0.6 is 11.6 Å². The van der Waals surface area contributed by atoms with Crippen molar-refractivity contribution in [2.75, 3.05) is 0 Å². The van der Waals surface area contributed by atoms with Crippen molar-refractivity contribution in [3.8, 4) is 5.75 Å². The third-order valence-corrected chi connectivity index (χ3v) is 5.87. The first-order valence-corrected chi connectivity index (χ1v) is 10.1. The fourth-order valence-corrected chi connectivity index (χ4v) is 3.76. The van der Waals surface area contributed by atoms with Gasteiger partial charge in [0.2, 0.25) is 0 Å². The van der Waals surface area contributed by atoms with Crippen LogP contribution in [0, 0.1) is 5.82 Å². The zero-order valence-corrected chi connectivity index (χ0v) is 18.0. The molecule has 0 bridgehead atoms. The minimum Gasteiger partial charge on any atom is -0.598 e. The third-order valence-electron chi connectivity index (χ3n) is 3.95. The van der Waals surface area contributed by atoms with Crippen LogP contribution in [0.15, 0.2) is 30.6 Å². The molecular weight excluding hydrogens is 466 g/mol. The van der Waals surface area contributed by atoms with E-state index < -0.39 is 52.0 Å². The van der Waals surface area contributed by atoms with Crippen LogP contribution in [-0.4, -0.2) is 36.7 Å². The van der Waals surface area contributed by atoms with Gasteiger partial charge in [-0.1, -0.05) is 17.7 Å².